The molecular weight excluding hydrogens is 224 g/mol. The van der Waals surface area contributed by atoms with E-state index in [1.165, 1.54) is 38.5 Å². The summed E-state index contributed by atoms with van der Waals surface area (Å²) in [6, 6.07) is 0. The molecule has 0 aromatic heterocycles. The lowest BCUT2D eigenvalue weighted by molar-refractivity contribution is -0.157. The molecule has 0 aliphatic heterocycles. The topological polar surface area (TPSA) is 26.3 Å². The van der Waals surface area contributed by atoms with Crippen LogP contribution in [0.1, 0.15) is 65.7 Å². The summed E-state index contributed by atoms with van der Waals surface area (Å²) >= 11 is 0. The van der Waals surface area contributed by atoms with Gasteiger partial charge in [0.25, 0.3) is 0 Å². The lowest BCUT2D eigenvalue weighted by atomic mass is 9.66. The summed E-state index contributed by atoms with van der Waals surface area (Å²) in [4.78, 5) is 11.8. The van der Waals surface area contributed by atoms with Crippen LogP contribution in [0.4, 0.5) is 0 Å². The molecule has 2 saturated carbocycles. The lowest BCUT2D eigenvalue weighted by Gasteiger charge is -2.41. The zero-order valence-corrected chi connectivity index (χ0v) is 12.2. The van der Waals surface area contributed by atoms with E-state index in [4.69, 9.17) is 4.74 Å². The molecule has 2 aliphatic rings. The molecule has 0 radical (unpaired) electrons. The average Bonchev–Trinajstić information content (AvgIpc) is 2.34. The standard InChI is InChI=1S/C16H28O2/c1-4-15(18-16(17)11(2)3)14-9-12-6-5-7-13(8-12)10-14/h11-15H,4-10H2,1-3H3. The third-order valence-electron chi connectivity index (χ3n) is 4.83. The van der Waals surface area contributed by atoms with Crippen molar-refractivity contribution >= 4 is 5.97 Å². The van der Waals surface area contributed by atoms with Gasteiger partial charge in [0.15, 0.2) is 0 Å². The van der Waals surface area contributed by atoms with Gasteiger partial charge >= 0.3 is 5.97 Å². The van der Waals surface area contributed by atoms with Crippen LogP contribution < -0.4 is 0 Å². The van der Waals surface area contributed by atoms with Crippen molar-refractivity contribution in [2.75, 3.05) is 0 Å². The smallest absolute Gasteiger partial charge is 0.308 e. The molecule has 0 spiro atoms. The first-order chi connectivity index (χ1) is 8.60. The van der Waals surface area contributed by atoms with Gasteiger partial charge in [0.05, 0.1) is 5.92 Å². The van der Waals surface area contributed by atoms with Gasteiger partial charge in [-0.3, -0.25) is 4.79 Å². The number of carbonyl (C=O) groups is 1. The first kappa shape index (κ1) is 13.9. The number of carbonyl (C=O) groups excluding carboxylic acids is 1. The Labute approximate surface area is 111 Å². The molecule has 2 fully saturated rings. The number of esters is 1. The van der Waals surface area contributed by atoms with E-state index < -0.39 is 0 Å². The van der Waals surface area contributed by atoms with Gasteiger partial charge in [-0.1, -0.05) is 40.0 Å². The summed E-state index contributed by atoms with van der Waals surface area (Å²) < 4.78 is 5.73. The van der Waals surface area contributed by atoms with E-state index in [2.05, 4.69) is 6.92 Å². The summed E-state index contributed by atoms with van der Waals surface area (Å²) in [5.41, 5.74) is 0. The first-order valence-electron chi connectivity index (χ1n) is 7.80. The highest BCUT2D eigenvalue weighted by Gasteiger charge is 2.36. The number of hydrogen-bond acceptors (Lipinski definition) is 2. The number of fused-ring (bicyclic) bond motifs is 2. The molecule has 2 aliphatic carbocycles. The molecule has 104 valence electrons. The zero-order valence-electron chi connectivity index (χ0n) is 12.2. The minimum Gasteiger partial charge on any atom is -0.462 e. The summed E-state index contributed by atoms with van der Waals surface area (Å²) in [5.74, 6) is 2.44. The molecular formula is C16H28O2. The van der Waals surface area contributed by atoms with Gasteiger partial charge in [-0.15, -0.1) is 0 Å². The van der Waals surface area contributed by atoms with Gasteiger partial charge in [-0.2, -0.15) is 0 Å². The van der Waals surface area contributed by atoms with Crippen molar-refractivity contribution in [1.29, 1.82) is 0 Å². The Kier molecular flexibility index (Phi) is 4.69. The third kappa shape index (κ3) is 3.27. The van der Waals surface area contributed by atoms with Crippen LogP contribution in [0.5, 0.6) is 0 Å². The van der Waals surface area contributed by atoms with Gasteiger partial charge in [0.1, 0.15) is 6.10 Å². The summed E-state index contributed by atoms with van der Waals surface area (Å²) in [7, 11) is 0. The van der Waals surface area contributed by atoms with E-state index in [0.29, 0.717) is 5.92 Å². The molecule has 2 bridgehead atoms. The average molecular weight is 252 g/mol. The summed E-state index contributed by atoms with van der Waals surface area (Å²) in [6.07, 6.45) is 9.39. The third-order valence-corrected chi connectivity index (χ3v) is 4.83. The SMILES string of the molecule is CCC(OC(=O)C(C)C)C1CC2CCCC(C2)C1. The van der Waals surface area contributed by atoms with Crippen LogP contribution in [0.3, 0.4) is 0 Å². The van der Waals surface area contributed by atoms with Crippen LogP contribution in [0, 0.1) is 23.7 Å². The Morgan fingerprint density at radius 3 is 2.28 bits per heavy atom. The predicted octanol–water partition coefficient (Wildman–Crippen LogP) is 4.18. The van der Waals surface area contributed by atoms with E-state index in [-0.39, 0.29) is 18.0 Å². The Morgan fingerprint density at radius 2 is 1.78 bits per heavy atom. The summed E-state index contributed by atoms with van der Waals surface area (Å²) in [6.45, 7) is 6.00. The molecule has 18 heavy (non-hydrogen) atoms. The van der Waals surface area contributed by atoms with E-state index in [9.17, 15) is 4.79 Å². The molecule has 3 atom stereocenters. The molecule has 0 N–H and O–H groups in total. The maximum Gasteiger partial charge on any atom is 0.308 e. The van der Waals surface area contributed by atoms with Crippen molar-refractivity contribution in [3.8, 4) is 0 Å². The molecule has 0 saturated heterocycles. The second kappa shape index (κ2) is 6.08. The van der Waals surface area contributed by atoms with Gasteiger partial charge in [0, 0.05) is 0 Å². The fourth-order valence-electron chi connectivity index (χ4n) is 3.88. The summed E-state index contributed by atoms with van der Waals surface area (Å²) in [5, 5.41) is 0. The van der Waals surface area contributed by atoms with Crippen molar-refractivity contribution < 1.29 is 9.53 Å². The van der Waals surface area contributed by atoms with Crippen LogP contribution in [0.15, 0.2) is 0 Å². The number of hydrogen-bond donors (Lipinski definition) is 0. The van der Waals surface area contributed by atoms with Crippen LogP contribution >= 0.6 is 0 Å². The second-order valence-corrected chi connectivity index (χ2v) is 6.67. The van der Waals surface area contributed by atoms with Crippen LogP contribution in [-0.2, 0) is 9.53 Å². The normalized spacial score (nSPS) is 33.2. The maximum atomic E-state index is 11.8. The van der Waals surface area contributed by atoms with E-state index in [1.807, 2.05) is 13.8 Å². The van der Waals surface area contributed by atoms with E-state index in [1.54, 1.807) is 0 Å². The second-order valence-electron chi connectivity index (χ2n) is 6.67. The first-order valence-corrected chi connectivity index (χ1v) is 7.80. The van der Waals surface area contributed by atoms with Crippen molar-refractivity contribution in [3.63, 3.8) is 0 Å². The number of ether oxygens (including phenoxy) is 1. The van der Waals surface area contributed by atoms with Gasteiger partial charge in [-0.25, -0.2) is 0 Å². The van der Waals surface area contributed by atoms with Crippen molar-refractivity contribution in [3.05, 3.63) is 0 Å². The highest BCUT2D eigenvalue weighted by atomic mass is 16.5. The monoisotopic (exact) mass is 252 g/mol. The van der Waals surface area contributed by atoms with Crippen LogP contribution in [-0.4, -0.2) is 12.1 Å². The Hall–Kier alpha value is -0.530. The van der Waals surface area contributed by atoms with Gasteiger partial charge in [0.2, 0.25) is 0 Å². The Morgan fingerprint density at radius 1 is 1.17 bits per heavy atom. The largest absolute Gasteiger partial charge is 0.462 e. The molecule has 0 aromatic rings. The van der Waals surface area contributed by atoms with Crippen molar-refractivity contribution in [1.82, 2.24) is 0 Å². The van der Waals surface area contributed by atoms with Gasteiger partial charge < -0.3 is 4.74 Å². The molecule has 0 aromatic carbocycles. The quantitative estimate of drug-likeness (QED) is 0.702. The molecule has 0 amide bonds. The van der Waals surface area contributed by atoms with Crippen LogP contribution in [0.25, 0.3) is 0 Å². The molecule has 2 heteroatoms. The molecule has 3 unspecified atom stereocenters. The highest BCUT2D eigenvalue weighted by Crippen LogP contribution is 2.44. The Bertz CT molecular complexity index is 273. The predicted molar refractivity (Wildman–Crippen MR) is 73.2 cm³/mol. The van der Waals surface area contributed by atoms with E-state index in [0.717, 1.165) is 18.3 Å². The van der Waals surface area contributed by atoms with Gasteiger partial charge in [-0.05, 0) is 43.4 Å². The fourth-order valence-corrected chi connectivity index (χ4v) is 3.88. The maximum absolute atomic E-state index is 11.8. The van der Waals surface area contributed by atoms with Crippen LogP contribution in [0.2, 0.25) is 0 Å². The van der Waals surface area contributed by atoms with E-state index >= 15 is 0 Å². The molecule has 2 rings (SSSR count). The number of rotatable bonds is 4. The molecule has 0 heterocycles. The highest BCUT2D eigenvalue weighted by molar-refractivity contribution is 5.71. The van der Waals surface area contributed by atoms with Crippen molar-refractivity contribution in [2.45, 2.75) is 71.8 Å². The minimum atomic E-state index is -0.0161. The Balaban J connectivity index is 1.93. The minimum absolute atomic E-state index is 0.00198. The fraction of sp³-hybridized carbons (Fsp3) is 0.938. The molecule has 2 nitrogen and oxygen atoms in total. The lowest BCUT2D eigenvalue weighted by Crippen LogP contribution is -2.36. The van der Waals surface area contributed by atoms with Crippen molar-refractivity contribution in [2.24, 2.45) is 23.7 Å². The zero-order chi connectivity index (χ0) is 13.1.